The molecule has 2 heterocycles. The molecule has 1 aromatic heterocycles. The van der Waals surface area contributed by atoms with Gasteiger partial charge in [0.25, 0.3) is 0 Å². The number of likely N-dealkylation sites (tertiary alicyclic amines) is 1. The van der Waals surface area contributed by atoms with Crippen LogP contribution in [0.2, 0.25) is 10.0 Å². The van der Waals surface area contributed by atoms with Crippen LogP contribution >= 0.6 is 23.2 Å². The number of piperidine rings is 1. The minimum atomic E-state index is -0.553. The average molecular weight is 530 g/mol. The van der Waals surface area contributed by atoms with E-state index < -0.39 is 6.04 Å². The number of aromatic nitrogens is 4. The van der Waals surface area contributed by atoms with Crippen LogP contribution in [0.1, 0.15) is 38.2 Å². The molecule has 0 spiro atoms. The molecule has 36 heavy (non-hydrogen) atoms. The normalized spacial score (nSPS) is 15.5. The molecular weight excluding hydrogens is 501 g/mol. The number of carbonyl (C=O) groups excluding carboxylic acids is 2. The summed E-state index contributed by atoms with van der Waals surface area (Å²) >= 11 is 12.7. The molecule has 1 fully saturated rings. The van der Waals surface area contributed by atoms with Crippen molar-refractivity contribution in [2.24, 2.45) is 0 Å². The van der Waals surface area contributed by atoms with Crippen molar-refractivity contribution in [3.05, 3.63) is 64.4 Å². The minimum Gasteiger partial charge on any atom is -0.366 e. The first-order valence-electron chi connectivity index (χ1n) is 12.0. The van der Waals surface area contributed by atoms with Crippen LogP contribution in [0.3, 0.4) is 0 Å². The van der Waals surface area contributed by atoms with Gasteiger partial charge in [-0.1, -0.05) is 42.3 Å². The number of hydrogen-bond donors (Lipinski definition) is 1. The molecule has 2 amide bonds. The summed E-state index contributed by atoms with van der Waals surface area (Å²) in [6, 6.07) is 12.7. The van der Waals surface area contributed by atoms with Crippen LogP contribution in [-0.4, -0.2) is 56.1 Å². The molecule has 2 aromatic carbocycles. The average Bonchev–Trinajstić information content (AvgIpc) is 3.38. The van der Waals surface area contributed by atoms with Crippen LogP contribution in [0.5, 0.6) is 0 Å². The molecule has 11 heteroatoms. The van der Waals surface area contributed by atoms with Crippen LogP contribution < -0.4 is 10.2 Å². The second-order valence-corrected chi connectivity index (χ2v) is 9.65. The van der Waals surface area contributed by atoms with Gasteiger partial charge in [-0.2, -0.15) is 0 Å². The zero-order chi connectivity index (χ0) is 25.5. The summed E-state index contributed by atoms with van der Waals surface area (Å²) in [6.45, 7) is 4.16. The van der Waals surface area contributed by atoms with Crippen molar-refractivity contribution in [1.82, 2.24) is 25.1 Å². The highest BCUT2D eigenvalue weighted by molar-refractivity contribution is 6.33. The van der Waals surface area contributed by atoms with E-state index in [1.54, 1.807) is 11.0 Å². The van der Waals surface area contributed by atoms with Gasteiger partial charge >= 0.3 is 0 Å². The fourth-order valence-electron chi connectivity index (χ4n) is 4.42. The number of amides is 2. The van der Waals surface area contributed by atoms with Gasteiger partial charge in [0.2, 0.25) is 11.8 Å². The highest BCUT2D eigenvalue weighted by Crippen LogP contribution is 2.31. The molecule has 1 saturated heterocycles. The number of nitrogens with one attached hydrogen (secondary N) is 1. The number of carbonyl (C=O) groups is 2. The topological polar surface area (TPSA) is 96.2 Å². The number of tetrazole rings is 1. The Bertz CT molecular complexity index is 1170. The second kappa shape index (κ2) is 12.2. The van der Waals surface area contributed by atoms with Gasteiger partial charge in [-0.15, -0.1) is 5.10 Å². The Hall–Kier alpha value is -3.17. The van der Waals surface area contributed by atoms with Crippen molar-refractivity contribution in [2.75, 3.05) is 23.3 Å². The van der Waals surface area contributed by atoms with Crippen LogP contribution in [0, 0.1) is 0 Å². The summed E-state index contributed by atoms with van der Waals surface area (Å²) in [5, 5.41) is 15.1. The zero-order valence-electron chi connectivity index (χ0n) is 20.1. The molecule has 4 rings (SSSR count). The van der Waals surface area contributed by atoms with Crippen LogP contribution in [0.4, 0.5) is 11.4 Å². The molecule has 0 saturated carbocycles. The Balaban J connectivity index is 1.44. The predicted molar refractivity (Wildman–Crippen MR) is 140 cm³/mol. The Labute approximate surface area is 220 Å². The monoisotopic (exact) mass is 529 g/mol. The van der Waals surface area contributed by atoms with E-state index in [0.29, 0.717) is 35.2 Å². The fraction of sp³-hybridized carbons (Fsp3) is 0.400. The van der Waals surface area contributed by atoms with E-state index in [1.807, 2.05) is 36.4 Å². The van der Waals surface area contributed by atoms with Gasteiger partial charge < -0.3 is 15.1 Å². The first-order chi connectivity index (χ1) is 17.4. The third-order valence-corrected chi connectivity index (χ3v) is 6.71. The molecule has 0 bridgehead atoms. The van der Waals surface area contributed by atoms with E-state index in [4.69, 9.17) is 23.2 Å². The number of benzene rings is 2. The highest BCUT2D eigenvalue weighted by atomic mass is 35.5. The Morgan fingerprint density at radius 1 is 1.14 bits per heavy atom. The van der Waals surface area contributed by atoms with Gasteiger partial charge in [-0.25, -0.2) is 4.68 Å². The lowest BCUT2D eigenvalue weighted by Gasteiger charge is -2.34. The van der Waals surface area contributed by atoms with E-state index in [9.17, 15) is 9.59 Å². The molecule has 190 valence electrons. The number of nitrogens with zero attached hydrogens (tertiary/aromatic N) is 6. The first-order valence-corrected chi connectivity index (χ1v) is 12.8. The Morgan fingerprint density at radius 3 is 2.64 bits per heavy atom. The van der Waals surface area contributed by atoms with Gasteiger partial charge in [0, 0.05) is 30.3 Å². The maximum atomic E-state index is 13.2. The van der Waals surface area contributed by atoms with Crippen LogP contribution in [-0.2, 0) is 22.7 Å². The lowest BCUT2D eigenvalue weighted by Crippen LogP contribution is -2.51. The number of hydrogen-bond acceptors (Lipinski definition) is 6. The van der Waals surface area contributed by atoms with Crippen molar-refractivity contribution in [1.29, 1.82) is 0 Å². The summed E-state index contributed by atoms with van der Waals surface area (Å²) in [7, 11) is 0. The first kappa shape index (κ1) is 25.9. The number of anilines is 2. The third kappa shape index (κ3) is 6.53. The van der Waals surface area contributed by atoms with Gasteiger partial charge in [0.05, 0.1) is 10.7 Å². The molecule has 0 unspecified atom stereocenters. The largest absolute Gasteiger partial charge is 0.366 e. The zero-order valence-corrected chi connectivity index (χ0v) is 21.6. The summed E-state index contributed by atoms with van der Waals surface area (Å²) in [5.74, 6) is -0.414. The lowest BCUT2D eigenvalue weighted by molar-refractivity contribution is -0.141. The van der Waals surface area contributed by atoms with Crippen molar-refractivity contribution >= 4 is 46.4 Å². The van der Waals surface area contributed by atoms with E-state index >= 15 is 0 Å². The lowest BCUT2D eigenvalue weighted by atomic mass is 10.0. The van der Waals surface area contributed by atoms with Crippen LogP contribution in [0.25, 0.3) is 0 Å². The standard InChI is InChI=1S/C25H29Cl2N7O2/c1-2-12-32(15-18-6-8-19(26)9-7-18)22-11-10-20(14-21(22)27)29-25(36)23-5-3-4-13-34(23)24(35)16-33-17-28-30-31-33/h6-11,14,17,23H,2-5,12-13,15-16H2,1H3,(H,29,36)/t23-/m1/s1. The minimum absolute atomic E-state index is 0.00180. The van der Waals surface area contributed by atoms with Crippen molar-refractivity contribution in [2.45, 2.75) is 51.7 Å². The molecule has 1 aliphatic heterocycles. The summed E-state index contributed by atoms with van der Waals surface area (Å²) in [6.07, 6.45) is 4.67. The van der Waals surface area contributed by atoms with Gasteiger partial charge in [0.1, 0.15) is 18.9 Å². The highest BCUT2D eigenvalue weighted by Gasteiger charge is 2.32. The van der Waals surface area contributed by atoms with Crippen LogP contribution in [0.15, 0.2) is 48.8 Å². The van der Waals surface area contributed by atoms with E-state index in [0.717, 1.165) is 37.1 Å². The number of rotatable bonds is 9. The fourth-order valence-corrected chi connectivity index (χ4v) is 4.84. The Morgan fingerprint density at radius 2 is 1.94 bits per heavy atom. The summed E-state index contributed by atoms with van der Waals surface area (Å²) in [4.78, 5) is 29.8. The quantitative estimate of drug-likeness (QED) is 0.440. The molecular formula is C25H29Cl2N7O2. The smallest absolute Gasteiger partial charge is 0.247 e. The summed E-state index contributed by atoms with van der Waals surface area (Å²) < 4.78 is 1.36. The molecule has 1 aliphatic rings. The Kier molecular flexibility index (Phi) is 8.77. The van der Waals surface area contributed by atoms with Crippen molar-refractivity contribution in [3.8, 4) is 0 Å². The maximum Gasteiger partial charge on any atom is 0.247 e. The van der Waals surface area contributed by atoms with Crippen molar-refractivity contribution < 1.29 is 9.59 Å². The maximum absolute atomic E-state index is 13.2. The molecule has 9 nitrogen and oxygen atoms in total. The van der Waals surface area contributed by atoms with E-state index in [1.165, 1.54) is 11.0 Å². The molecule has 0 aliphatic carbocycles. The van der Waals surface area contributed by atoms with E-state index in [2.05, 4.69) is 32.7 Å². The van der Waals surface area contributed by atoms with Gasteiger partial charge in [-0.3, -0.25) is 9.59 Å². The van der Waals surface area contributed by atoms with Gasteiger partial charge in [0.15, 0.2) is 0 Å². The second-order valence-electron chi connectivity index (χ2n) is 8.81. The number of halogens is 2. The summed E-state index contributed by atoms with van der Waals surface area (Å²) in [5.41, 5.74) is 2.61. The molecule has 3 aromatic rings. The van der Waals surface area contributed by atoms with E-state index in [-0.39, 0.29) is 18.4 Å². The SMILES string of the molecule is CCCN(Cc1ccc(Cl)cc1)c1ccc(NC(=O)[C@H]2CCCCN2C(=O)Cn2cnnn2)cc1Cl. The van der Waals surface area contributed by atoms with Crippen molar-refractivity contribution in [3.63, 3.8) is 0 Å². The molecule has 1 N–H and O–H groups in total. The third-order valence-electron chi connectivity index (χ3n) is 6.15. The predicted octanol–water partition coefficient (Wildman–Crippen LogP) is 4.42. The van der Waals surface area contributed by atoms with Gasteiger partial charge in [-0.05, 0) is 72.0 Å². The molecule has 0 radical (unpaired) electrons. The molecule has 1 atom stereocenters.